The Kier molecular flexibility index (Phi) is 5.76. The Morgan fingerprint density at radius 3 is 2.67 bits per heavy atom. The Morgan fingerprint density at radius 1 is 1.14 bits per heavy atom. The van der Waals surface area contributed by atoms with Crippen molar-refractivity contribution in [2.24, 2.45) is 0 Å². The summed E-state index contributed by atoms with van der Waals surface area (Å²) in [4.78, 5) is 0. The second-order valence-corrected chi connectivity index (χ2v) is 5.06. The summed E-state index contributed by atoms with van der Waals surface area (Å²) in [5.74, 6) is 0.708. The first-order valence-corrected chi connectivity index (χ1v) is 7.38. The number of hydrogen-bond donors (Lipinski definition) is 1. The van der Waals surface area contributed by atoms with Gasteiger partial charge in [-0.1, -0.05) is 37.3 Å². The van der Waals surface area contributed by atoms with Gasteiger partial charge in [0.15, 0.2) is 0 Å². The lowest BCUT2D eigenvalue weighted by Gasteiger charge is -2.18. The zero-order chi connectivity index (χ0) is 15.1. The maximum Gasteiger partial charge on any atom is 0.126 e. The summed E-state index contributed by atoms with van der Waals surface area (Å²) in [5.41, 5.74) is 1.83. The summed E-state index contributed by atoms with van der Waals surface area (Å²) < 4.78 is 19.5. The Hall–Kier alpha value is -1.87. The van der Waals surface area contributed by atoms with Gasteiger partial charge in [0.05, 0.1) is 6.61 Å². The number of benzene rings is 2. The molecule has 0 aliphatic rings. The van der Waals surface area contributed by atoms with Crippen LogP contribution in [0, 0.1) is 5.82 Å². The summed E-state index contributed by atoms with van der Waals surface area (Å²) in [6.07, 6.45) is 1.59. The van der Waals surface area contributed by atoms with Gasteiger partial charge in [-0.3, -0.25) is 0 Å². The molecule has 112 valence electrons. The van der Waals surface area contributed by atoms with Crippen molar-refractivity contribution in [1.29, 1.82) is 0 Å². The maximum atomic E-state index is 13.8. The second-order valence-electron chi connectivity index (χ2n) is 5.06. The van der Waals surface area contributed by atoms with Gasteiger partial charge in [0.2, 0.25) is 0 Å². The van der Waals surface area contributed by atoms with Crippen LogP contribution in [0.4, 0.5) is 4.39 Å². The number of halogens is 1. The molecule has 0 saturated carbocycles. The molecule has 0 aliphatic carbocycles. The highest BCUT2D eigenvalue weighted by molar-refractivity contribution is 5.32. The first kappa shape index (κ1) is 15.5. The lowest BCUT2D eigenvalue weighted by Crippen LogP contribution is -2.19. The van der Waals surface area contributed by atoms with Crippen molar-refractivity contribution in [3.63, 3.8) is 0 Å². The fourth-order valence-corrected chi connectivity index (χ4v) is 2.31. The fraction of sp³-hybridized carbons (Fsp3) is 0.333. The largest absolute Gasteiger partial charge is 0.494 e. The highest BCUT2D eigenvalue weighted by Gasteiger charge is 2.13. The molecule has 1 unspecified atom stereocenters. The molecule has 1 N–H and O–H groups in total. The summed E-state index contributed by atoms with van der Waals surface area (Å²) >= 11 is 0. The summed E-state index contributed by atoms with van der Waals surface area (Å²) in [7, 11) is 1.89. The predicted molar refractivity (Wildman–Crippen MR) is 84.1 cm³/mol. The fourth-order valence-electron chi connectivity index (χ4n) is 2.31. The minimum atomic E-state index is -0.156. The zero-order valence-corrected chi connectivity index (χ0v) is 12.6. The van der Waals surface area contributed by atoms with Gasteiger partial charge in [-0.05, 0) is 49.2 Å². The Bertz CT molecular complexity index is 571. The van der Waals surface area contributed by atoms with E-state index in [0.717, 1.165) is 23.3 Å². The van der Waals surface area contributed by atoms with E-state index in [1.807, 2.05) is 43.4 Å². The quantitative estimate of drug-likeness (QED) is 0.827. The van der Waals surface area contributed by atoms with Gasteiger partial charge in [-0.2, -0.15) is 0 Å². The normalized spacial score (nSPS) is 12.1. The van der Waals surface area contributed by atoms with Crippen molar-refractivity contribution in [3.8, 4) is 5.75 Å². The van der Waals surface area contributed by atoms with Crippen LogP contribution in [-0.4, -0.2) is 13.7 Å². The van der Waals surface area contributed by atoms with Gasteiger partial charge in [0.1, 0.15) is 11.6 Å². The first-order valence-electron chi connectivity index (χ1n) is 7.38. The summed E-state index contributed by atoms with van der Waals surface area (Å²) in [5, 5.41) is 3.26. The summed E-state index contributed by atoms with van der Waals surface area (Å²) in [6.45, 7) is 2.79. The molecule has 0 radical (unpaired) electrons. The van der Waals surface area contributed by atoms with Crippen LogP contribution >= 0.6 is 0 Å². The van der Waals surface area contributed by atoms with E-state index in [1.165, 1.54) is 6.07 Å². The topological polar surface area (TPSA) is 21.3 Å². The third-order valence-corrected chi connectivity index (χ3v) is 3.46. The number of likely N-dealkylation sites (N-methyl/N-ethyl adjacent to an activating group) is 1. The summed E-state index contributed by atoms with van der Waals surface area (Å²) in [6, 6.07) is 15.0. The van der Waals surface area contributed by atoms with Crippen LogP contribution in [0.15, 0.2) is 48.5 Å². The molecule has 2 rings (SSSR count). The molecule has 0 saturated heterocycles. The molecule has 0 aromatic heterocycles. The molecule has 3 heteroatoms. The van der Waals surface area contributed by atoms with Crippen LogP contribution in [0.25, 0.3) is 0 Å². The van der Waals surface area contributed by atoms with Crippen molar-refractivity contribution in [2.45, 2.75) is 25.8 Å². The molecule has 0 bridgehead atoms. The maximum absolute atomic E-state index is 13.8. The third kappa shape index (κ3) is 4.30. The van der Waals surface area contributed by atoms with Gasteiger partial charge in [-0.25, -0.2) is 4.39 Å². The van der Waals surface area contributed by atoms with E-state index in [2.05, 4.69) is 12.2 Å². The first-order chi connectivity index (χ1) is 10.2. The minimum Gasteiger partial charge on any atom is -0.494 e. The predicted octanol–water partition coefficient (Wildman–Crippen LogP) is 4.12. The van der Waals surface area contributed by atoms with Gasteiger partial charge < -0.3 is 10.1 Å². The molecule has 2 aromatic rings. The van der Waals surface area contributed by atoms with E-state index < -0.39 is 0 Å². The van der Waals surface area contributed by atoms with Crippen molar-refractivity contribution in [1.82, 2.24) is 5.32 Å². The Morgan fingerprint density at radius 2 is 1.95 bits per heavy atom. The smallest absolute Gasteiger partial charge is 0.126 e. The van der Waals surface area contributed by atoms with Crippen LogP contribution in [0.5, 0.6) is 5.75 Å². The van der Waals surface area contributed by atoms with Crippen molar-refractivity contribution in [2.75, 3.05) is 13.7 Å². The van der Waals surface area contributed by atoms with Crippen LogP contribution in [0.1, 0.15) is 30.5 Å². The van der Waals surface area contributed by atoms with E-state index >= 15 is 0 Å². The molecule has 2 aromatic carbocycles. The van der Waals surface area contributed by atoms with Crippen molar-refractivity contribution in [3.05, 3.63) is 65.5 Å². The van der Waals surface area contributed by atoms with Crippen LogP contribution in [-0.2, 0) is 6.42 Å². The SMILES string of the molecule is CCCOc1cccc(C(Cc2ccccc2F)NC)c1. The molecule has 0 fully saturated rings. The monoisotopic (exact) mass is 287 g/mol. The number of hydrogen-bond acceptors (Lipinski definition) is 2. The number of ether oxygens (including phenoxy) is 1. The third-order valence-electron chi connectivity index (χ3n) is 3.46. The van der Waals surface area contributed by atoms with E-state index in [9.17, 15) is 4.39 Å². The van der Waals surface area contributed by atoms with Crippen LogP contribution < -0.4 is 10.1 Å². The van der Waals surface area contributed by atoms with Gasteiger partial charge >= 0.3 is 0 Å². The van der Waals surface area contributed by atoms with Gasteiger partial charge in [0, 0.05) is 6.04 Å². The molecule has 1 atom stereocenters. The Balaban J connectivity index is 2.15. The van der Waals surface area contributed by atoms with Gasteiger partial charge in [0.25, 0.3) is 0 Å². The van der Waals surface area contributed by atoms with Crippen molar-refractivity contribution < 1.29 is 9.13 Å². The van der Waals surface area contributed by atoms with Crippen LogP contribution in [0.3, 0.4) is 0 Å². The molecular formula is C18H22FNO. The van der Waals surface area contributed by atoms with E-state index in [1.54, 1.807) is 6.07 Å². The minimum absolute atomic E-state index is 0.0621. The molecule has 0 aliphatic heterocycles. The molecular weight excluding hydrogens is 265 g/mol. The average molecular weight is 287 g/mol. The van der Waals surface area contributed by atoms with E-state index in [0.29, 0.717) is 13.0 Å². The molecule has 0 amide bonds. The van der Waals surface area contributed by atoms with E-state index in [-0.39, 0.29) is 11.9 Å². The van der Waals surface area contributed by atoms with Crippen LogP contribution in [0.2, 0.25) is 0 Å². The highest BCUT2D eigenvalue weighted by Crippen LogP contribution is 2.23. The molecule has 0 heterocycles. The second kappa shape index (κ2) is 7.79. The average Bonchev–Trinajstić information content (AvgIpc) is 2.52. The number of rotatable bonds is 7. The highest BCUT2D eigenvalue weighted by atomic mass is 19.1. The Labute approximate surface area is 126 Å². The van der Waals surface area contributed by atoms with Gasteiger partial charge in [-0.15, -0.1) is 0 Å². The van der Waals surface area contributed by atoms with Crippen molar-refractivity contribution >= 4 is 0 Å². The zero-order valence-electron chi connectivity index (χ0n) is 12.6. The molecule has 2 nitrogen and oxygen atoms in total. The standard InChI is InChI=1S/C18H22FNO/c1-3-11-21-16-9-6-8-15(12-16)18(20-2)13-14-7-4-5-10-17(14)19/h4-10,12,18,20H,3,11,13H2,1-2H3. The van der Waals surface area contributed by atoms with E-state index in [4.69, 9.17) is 4.74 Å². The molecule has 21 heavy (non-hydrogen) atoms. The molecule has 0 spiro atoms. The lowest BCUT2D eigenvalue weighted by molar-refractivity contribution is 0.316. The lowest BCUT2D eigenvalue weighted by atomic mass is 9.98. The number of nitrogens with one attached hydrogen (secondary N) is 1.